The minimum atomic E-state index is -0.699. The van der Waals surface area contributed by atoms with Gasteiger partial charge in [-0.3, -0.25) is 4.79 Å². The Kier molecular flexibility index (Phi) is 4.36. The van der Waals surface area contributed by atoms with Gasteiger partial charge in [0.15, 0.2) is 0 Å². The smallest absolute Gasteiger partial charge is 0.303 e. The van der Waals surface area contributed by atoms with Crippen LogP contribution in [0.4, 0.5) is 0 Å². The van der Waals surface area contributed by atoms with E-state index in [1.54, 1.807) is 0 Å². The number of aliphatic carboxylic acids is 1. The fourth-order valence-corrected chi connectivity index (χ4v) is 3.10. The van der Waals surface area contributed by atoms with Gasteiger partial charge >= 0.3 is 5.97 Å². The van der Waals surface area contributed by atoms with Crippen LogP contribution >= 0.6 is 0 Å². The number of unbranched alkanes of at least 4 members (excludes halogenated alkanes) is 1. The van der Waals surface area contributed by atoms with Crippen LogP contribution in [0.3, 0.4) is 0 Å². The second-order valence-electron chi connectivity index (χ2n) is 5.58. The summed E-state index contributed by atoms with van der Waals surface area (Å²) in [6, 6.07) is 0. The van der Waals surface area contributed by atoms with E-state index in [4.69, 9.17) is 10.8 Å². The lowest BCUT2D eigenvalue weighted by Gasteiger charge is -2.49. The van der Waals surface area contributed by atoms with Gasteiger partial charge in [-0.05, 0) is 31.6 Å². The molecule has 2 atom stereocenters. The summed E-state index contributed by atoms with van der Waals surface area (Å²) in [5.74, 6) is -0.699. The summed E-state index contributed by atoms with van der Waals surface area (Å²) in [6.45, 7) is 4.19. The first-order valence-electron chi connectivity index (χ1n) is 6.44. The van der Waals surface area contributed by atoms with Crippen LogP contribution in [0.1, 0.15) is 65.2 Å². The molecule has 1 aliphatic carbocycles. The topological polar surface area (TPSA) is 63.3 Å². The molecule has 0 saturated heterocycles. The van der Waals surface area contributed by atoms with Gasteiger partial charge in [0.2, 0.25) is 0 Å². The van der Waals surface area contributed by atoms with Crippen molar-refractivity contribution in [2.24, 2.45) is 11.1 Å². The van der Waals surface area contributed by atoms with Crippen molar-refractivity contribution in [1.82, 2.24) is 0 Å². The summed E-state index contributed by atoms with van der Waals surface area (Å²) in [4.78, 5) is 11.1. The standard InChI is InChI=1S/C13H25NO2/c1-3-4-8-13(10-11(15)16)9-6-5-7-12(13,2)14/h3-10,14H2,1-2H3,(H,15,16). The summed E-state index contributed by atoms with van der Waals surface area (Å²) >= 11 is 0. The number of carbonyl (C=O) groups is 1. The zero-order chi connectivity index (χ0) is 12.2. The van der Waals surface area contributed by atoms with Gasteiger partial charge < -0.3 is 10.8 Å². The zero-order valence-electron chi connectivity index (χ0n) is 10.6. The third-order valence-corrected chi connectivity index (χ3v) is 4.31. The molecule has 1 rings (SSSR count). The highest BCUT2D eigenvalue weighted by atomic mass is 16.4. The highest BCUT2D eigenvalue weighted by Gasteiger charge is 2.47. The molecule has 0 radical (unpaired) electrons. The monoisotopic (exact) mass is 227 g/mol. The van der Waals surface area contributed by atoms with Crippen LogP contribution in [0.5, 0.6) is 0 Å². The third kappa shape index (κ3) is 2.76. The van der Waals surface area contributed by atoms with Gasteiger partial charge in [-0.2, -0.15) is 0 Å². The van der Waals surface area contributed by atoms with Gasteiger partial charge in [0.25, 0.3) is 0 Å². The Morgan fingerprint density at radius 2 is 2.00 bits per heavy atom. The van der Waals surface area contributed by atoms with Gasteiger partial charge in [0.05, 0.1) is 6.42 Å². The summed E-state index contributed by atoms with van der Waals surface area (Å²) < 4.78 is 0. The van der Waals surface area contributed by atoms with Crippen LogP contribution in [0.15, 0.2) is 0 Å². The summed E-state index contributed by atoms with van der Waals surface area (Å²) in [5.41, 5.74) is 5.90. The fraction of sp³-hybridized carbons (Fsp3) is 0.923. The van der Waals surface area contributed by atoms with Crippen LogP contribution in [-0.2, 0) is 4.79 Å². The lowest BCUT2D eigenvalue weighted by atomic mass is 9.58. The minimum Gasteiger partial charge on any atom is -0.481 e. The molecule has 3 nitrogen and oxygen atoms in total. The highest BCUT2D eigenvalue weighted by Crippen LogP contribution is 2.48. The highest BCUT2D eigenvalue weighted by molar-refractivity contribution is 5.68. The molecule has 0 heterocycles. The van der Waals surface area contributed by atoms with E-state index in [0.29, 0.717) is 0 Å². The minimum absolute atomic E-state index is 0.174. The lowest BCUT2D eigenvalue weighted by Crippen LogP contribution is -2.56. The van der Waals surface area contributed by atoms with E-state index >= 15 is 0 Å². The Morgan fingerprint density at radius 1 is 1.38 bits per heavy atom. The molecule has 0 spiro atoms. The van der Waals surface area contributed by atoms with E-state index in [1.165, 1.54) is 0 Å². The van der Waals surface area contributed by atoms with E-state index in [2.05, 4.69) is 6.92 Å². The van der Waals surface area contributed by atoms with Crippen molar-refractivity contribution in [3.63, 3.8) is 0 Å². The Morgan fingerprint density at radius 3 is 2.50 bits per heavy atom. The zero-order valence-corrected chi connectivity index (χ0v) is 10.6. The Hall–Kier alpha value is -0.570. The maximum atomic E-state index is 11.1. The number of carboxylic acid groups (broad SMARTS) is 1. The number of hydrogen-bond donors (Lipinski definition) is 2. The van der Waals surface area contributed by atoms with Crippen LogP contribution in [0.25, 0.3) is 0 Å². The van der Waals surface area contributed by atoms with Gasteiger partial charge in [-0.1, -0.05) is 32.6 Å². The summed E-state index contributed by atoms with van der Waals surface area (Å²) in [7, 11) is 0. The number of carboxylic acids is 1. The van der Waals surface area contributed by atoms with Crippen LogP contribution in [0, 0.1) is 5.41 Å². The van der Waals surface area contributed by atoms with Crippen molar-refractivity contribution < 1.29 is 9.90 Å². The number of hydrogen-bond acceptors (Lipinski definition) is 2. The van der Waals surface area contributed by atoms with Gasteiger partial charge in [-0.25, -0.2) is 0 Å². The molecule has 0 bridgehead atoms. The first-order chi connectivity index (χ1) is 7.43. The van der Waals surface area contributed by atoms with Crippen LogP contribution in [0.2, 0.25) is 0 Å². The van der Waals surface area contributed by atoms with Crippen LogP contribution in [-0.4, -0.2) is 16.6 Å². The fourth-order valence-electron chi connectivity index (χ4n) is 3.10. The first-order valence-corrected chi connectivity index (χ1v) is 6.44. The quantitative estimate of drug-likeness (QED) is 0.759. The Labute approximate surface area is 98.4 Å². The molecule has 0 aliphatic heterocycles. The van der Waals surface area contributed by atoms with Crippen LogP contribution < -0.4 is 5.73 Å². The van der Waals surface area contributed by atoms with E-state index in [-0.39, 0.29) is 17.4 Å². The van der Waals surface area contributed by atoms with E-state index in [0.717, 1.165) is 44.9 Å². The van der Waals surface area contributed by atoms with Gasteiger partial charge in [0.1, 0.15) is 0 Å². The average Bonchev–Trinajstić information content (AvgIpc) is 2.18. The molecule has 0 aromatic heterocycles. The SMILES string of the molecule is CCCCC1(CC(=O)O)CCCCC1(C)N. The largest absolute Gasteiger partial charge is 0.481 e. The maximum Gasteiger partial charge on any atom is 0.303 e. The molecular weight excluding hydrogens is 202 g/mol. The maximum absolute atomic E-state index is 11.1. The van der Waals surface area contributed by atoms with Crippen molar-refractivity contribution in [2.75, 3.05) is 0 Å². The molecule has 0 aromatic carbocycles. The van der Waals surface area contributed by atoms with Gasteiger partial charge in [0, 0.05) is 5.54 Å². The van der Waals surface area contributed by atoms with E-state index in [9.17, 15) is 4.79 Å². The summed E-state index contributed by atoms with van der Waals surface area (Å²) in [6.07, 6.45) is 7.60. The molecule has 1 saturated carbocycles. The molecule has 0 amide bonds. The van der Waals surface area contributed by atoms with Crippen molar-refractivity contribution >= 4 is 5.97 Å². The molecule has 1 aliphatic rings. The summed E-state index contributed by atoms with van der Waals surface area (Å²) in [5, 5.41) is 9.11. The third-order valence-electron chi connectivity index (χ3n) is 4.31. The van der Waals surface area contributed by atoms with Crippen molar-refractivity contribution in [2.45, 2.75) is 70.8 Å². The molecule has 3 heteroatoms. The van der Waals surface area contributed by atoms with Crippen molar-refractivity contribution in [1.29, 1.82) is 0 Å². The molecular formula is C13H25NO2. The molecule has 2 unspecified atom stereocenters. The molecule has 0 aromatic rings. The predicted octanol–water partition coefficient (Wildman–Crippen LogP) is 2.93. The molecule has 3 N–H and O–H groups in total. The molecule has 1 fully saturated rings. The first kappa shape index (κ1) is 13.5. The normalized spacial score (nSPS) is 34.9. The molecule has 16 heavy (non-hydrogen) atoms. The molecule has 94 valence electrons. The number of rotatable bonds is 5. The predicted molar refractivity (Wildman–Crippen MR) is 65.3 cm³/mol. The van der Waals surface area contributed by atoms with Gasteiger partial charge in [-0.15, -0.1) is 0 Å². The van der Waals surface area contributed by atoms with Crippen molar-refractivity contribution in [3.8, 4) is 0 Å². The Bertz CT molecular complexity index is 250. The average molecular weight is 227 g/mol. The number of nitrogens with two attached hydrogens (primary N) is 1. The lowest BCUT2D eigenvalue weighted by molar-refractivity contribution is -0.142. The second kappa shape index (κ2) is 5.17. The second-order valence-corrected chi connectivity index (χ2v) is 5.58. The van der Waals surface area contributed by atoms with E-state index < -0.39 is 5.97 Å². The Balaban J connectivity index is 2.85. The van der Waals surface area contributed by atoms with E-state index in [1.807, 2.05) is 6.92 Å². The van der Waals surface area contributed by atoms with Crippen molar-refractivity contribution in [3.05, 3.63) is 0 Å².